The number of pyridine rings is 1. The molecule has 0 radical (unpaired) electrons. The maximum atomic E-state index is 12.6. The summed E-state index contributed by atoms with van der Waals surface area (Å²) in [4.78, 5) is 29.3. The van der Waals surface area contributed by atoms with Crippen molar-refractivity contribution < 1.29 is 14.3 Å². The predicted molar refractivity (Wildman–Crippen MR) is 91.6 cm³/mol. The third-order valence-electron chi connectivity index (χ3n) is 3.97. The van der Waals surface area contributed by atoms with Gasteiger partial charge in [-0.3, -0.25) is 14.0 Å². The highest BCUT2D eigenvalue weighted by Gasteiger charge is 2.16. The predicted octanol–water partition coefficient (Wildman–Crippen LogP) is 2.03. The van der Waals surface area contributed by atoms with Gasteiger partial charge in [-0.1, -0.05) is 6.07 Å². The summed E-state index contributed by atoms with van der Waals surface area (Å²) in [6.07, 6.45) is 1.30. The summed E-state index contributed by atoms with van der Waals surface area (Å²) in [7, 11) is 0. The third kappa shape index (κ3) is 2.69. The molecule has 3 heterocycles. The van der Waals surface area contributed by atoms with E-state index in [1.54, 1.807) is 37.3 Å². The molecule has 0 fully saturated rings. The van der Waals surface area contributed by atoms with E-state index in [1.165, 1.54) is 10.6 Å². The zero-order valence-electron chi connectivity index (χ0n) is 13.5. The first-order valence-electron chi connectivity index (χ1n) is 7.82. The number of nitrogens with one attached hydrogen (secondary N) is 1. The van der Waals surface area contributed by atoms with E-state index in [9.17, 15) is 9.59 Å². The second-order valence-electron chi connectivity index (χ2n) is 5.65. The van der Waals surface area contributed by atoms with Crippen LogP contribution in [-0.4, -0.2) is 28.5 Å². The summed E-state index contributed by atoms with van der Waals surface area (Å²) in [5.41, 5.74) is 1.30. The molecule has 0 spiro atoms. The van der Waals surface area contributed by atoms with E-state index >= 15 is 0 Å². The minimum absolute atomic E-state index is 0.0262. The van der Waals surface area contributed by atoms with E-state index in [-0.39, 0.29) is 5.56 Å². The molecule has 0 saturated carbocycles. The lowest BCUT2D eigenvalue weighted by Crippen LogP contribution is -2.27. The quantitative estimate of drug-likeness (QED) is 0.774. The molecule has 1 N–H and O–H groups in total. The van der Waals surface area contributed by atoms with Crippen molar-refractivity contribution in [3.63, 3.8) is 0 Å². The van der Waals surface area contributed by atoms with Gasteiger partial charge < -0.3 is 14.8 Å². The first-order chi connectivity index (χ1) is 12.1. The number of carbonyl (C=O) groups is 1. The molecule has 7 nitrogen and oxygen atoms in total. The molecule has 25 heavy (non-hydrogen) atoms. The lowest BCUT2D eigenvalue weighted by atomic mass is 10.2. The Bertz CT molecular complexity index is 1040. The molecule has 126 valence electrons. The van der Waals surface area contributed by atoms with Gasteiger partial charge in [-0.25, -0.2) is 4.98 Å². The fourth-order valence-corrected chi connectivity index (χ4v) is 2.75. The minimum atomic E-state index is -0.521. The molecule has 0 saturated heterocycles. The Kier molecular flexibility index (Phi) is 3.61. The third-order valence-corrected chi connectivity index (χ3v) is 3.97. The second kappa shape index (κ2) is 5.94. The lowest BCUT2D eigenvalue weighted by molar-refractivity contribution is 0.102. The van der Waals surface area contributed by atoms with E-state index < -0.39 is 11.5 Å². The summed E-state index contributed by atoms with van der Waals surface area (Å²) in [6, 6.07) is 10.4. The van der Waals surface area contributed by atoms with Crippen molar-refractivity contribution in [1.29, 1.82) is 0 Å². The molecule has 3 aromatic rings. The summed E-state index contributed by atoms with van der Waals surface area (Å²) < 4.78 is 12.4. The summed E-state index contributed by atoms with van der Waals surface area (Å²) in [6.45, 7) is 2.75. The van der Waals surface area contributed by atoms with Crippen LogP contribution in [0.25, 0.3) is 5.65 Å². The lowest BCUT2D eigenvalue weighted by Gasteiger charge is -2.19. The fourth-order valence-electron chi connectivity index (χ4n) is 2.75. The van der Waals surface area contributed by atoms with Crippen molar-refractivity contribution in [3.05, 3.63) is 64.2 Å². The highest BCUT2D eigenvalue weighted by molar-refractivity contribution is 6.04. The molecule has 0 atom stereocenters. The van der Waals surface area contributed by atoms with Crippen molar-refractivity contribution >= 4 is 17.2 Å². The maximum Gasteiger partial charge on any atom is 0.270 e. The Morgan fingerprint density at radius 2 is 1.96 bits per heavy atom. The van der Waals surface area contributed by atoms with E-state index in [4.69, 9.17) is 9.47 Å². The normalized spacial score (nSPS) is 12.8. The van der Waals surface area contributed by atoms with Crippen molar-refractivity contribution in [2.24, 2.45) is 0 Å². The number of anilines is 1. The van der Waals surface area contributed by atoms with E-state index in [1.807, 2.05) is 6.07 Å². The molecule has 1 aromatic carbocycles. The van der Waals surface area contributed by atoms with Crippen LogP contribution in [0.15, 0.2) is 47.4 Å². The van der Waals surface area contributed by atoms with Gasteiger partial charge in [0, 0.05) is 23.6 Å². The van der Waals surface area contributed by atoms with Gasteiger partial charge in [-0.2, -0.15) is 0 Å². The number of benzene rings is 1. The van der Waals surface area contributed by atoms with Crippen LogP contribution in [0, 0.1) is 6.92 Å². The van der Waals surface area contributed by atoms with Crippen LogP contribution in [0.2, 0.25) is 0 Å². The van der Waals surface area contributed by atoms with E-state index in [2.05, 4.69) is 10.3 Å². The summed E-state index contributed by atoms with van der Waals surface area (Å²) >= 11 is 0. The number of carbonyl (C=O) groups excluding carboxylic acids is 1. The van der Waals surface area contributed by atoms with Crippen LogP contribution in [0.5, 0.6) is 11.5 Å². The molecule has 0 bridgehead atoms. The van der Waals surface area contributed by atoms with Gasteiger partial charge in [0.1, 0.15) is 24.4 Å². The molecule has 0 aliphatic carbocycles. The van der Waals surface area contributed by atoms with Crippen LogP contribution >= 0.6 is 0 Å². The number of nitrogens with zero attached hydrogens (tertiary/aromatic N) is 2. The van der Waals surface area contributed by atoms with Gasteiger partial charge >= 0.3 is 0 Å². The zero-order chi connectivity index (χ0) is 17.4. The van der Waals surface area contributed by atoms with Crippen LogP contribution in [0.3, 0.4) is 0 Å². The second-order valence-corrected chi connectivity index (χ2v) is 5.65. The van der Waals surface area contributed by atoms with Crippen LogP contribution in [0.1, 0.15) is 16.1 Å². The molecular formula is C18H15N3O4. The van der Waals surface area contributed by atoms with Gasteiger partial charge in [0.2, 0.25) is 0 Å². The molecule has 1 aliphatic rings. The van der Waals surface area contributed by atoms with Gasteiger partial charge in [0.05, 0.1) is 0 Å². The van der Waals surface area contributed by atoms with Crippen LogP contribution in [-0.2, 0) is 0 Å². The SMILES string of the molecule is Cc1cccc2ncc(C(=O)Nc3ccc4c(c3)OCCO4)c(=O)n12. The topological polar surface area (TPSA) is 81.9 Å². The summed E-state index contributed by atoms with van der Waals surface area (Å²) in [5.74, 6) is 0.674. The van der Waals surface area contributed by atoms with Crippen molar-refractivity contribution in [2.45, 2.75) is 6.92 Å². The van der Waals surface area contributed by atoms with E-state index in [0.29, 0.717) is 41.7 Å². The highest BCUT2D eigenvalue weighted by atomic mass is 16.6. The largest absolute Gasteiger partial charge is 0.486 e. The van der Waals surface area contributed by atoms with Gasteiger partial charge in [0.25, 0.3) is 11.5 Å². The highest BCUT2D eigenvalue weighted by Crippen LogP contribution is 2.32. The number of fused-ring (bicyclic) bond motifs is 2. The molecule has 7 heteroatoms. The molecular weight excluding hydrogens is 322 g/mol. The molecule has 4 rings (SSSR count). The minimum Gasteiger partial charge on any atom is -0.486 e. The number of hydrogen-bond acceptors (Lipinski definition) is 5. The Balaban J connectivity index is 1.68. The number of ether oxygens (including phenoxy) is 2. The molecule has 1 amide bonds. The van der Waals surface area contributed by atoms with Gasteiger partial charge in [-0.15, -0.1) is 0 Å². The zero-order valence-corrected chi connectivity index (χ0v) is 13.5. The van der Waals surface area contributed by atoms with Crippen molar-refractivity contribution in [1.82, 2.24) is 9.38 Å². The number of rotatable bonds is 2. The fraction of sp³-hybridized carbons (Fsp3) is 0.167. The first-order valence-corrected chi connectivity index (χ1v) is 7.82. The van der Waals surface area contributed by atoms with Gasteiger partial charge in [0.15, 0.2) is 11.5 Å². The first kappa shape index (κ1) is 15.2. The molecule has 1 aliphatic heterocycles. The summed E-state index contributed by atoms with van der Waals surface area (Å²) in [5, 5.41) is 2.71. The Morgan fingerprint density at radius 1 is 1.16 bits per heavy atom. The Morgan fingerprint density at radius 3 is 2.80 bits per heavy atom. The Hall–Kier alpha value is -3.35. The van der Waals surface area contributed by atoms with E-state index in [0.717, 1.165) is 0 Å². The average molecular weight is 337 g/mol. The monoisotopic (exact) mass is 337 g/mol. The van der Waals surface area contributed by atoms with Gasteiger partial charge in [-0.05, 0) is 31.2 Å². The molecule has 0 unspecified atom stereocenters. The molecule has 2 aromatic heterocycles. The van der Waals surface area contributed by atoms with Crippen LogP contribution < -0.4 is 20.3 Å². The number of amides is 1. The van der Waals surface area contributed by atoms with Crippen LogP contribution in [0.4, 0.5) is 5.69 Å². The van der Waals surface area contributed by atoms with Crippen molar-refractivity contribution in [2.75, 3.05) is 18.5 Å². The maximum absolute atomic E-state index is 12.6. The number of aryl methyl sites for hydroxylation is 1. The number of hydrogen-bond donors (Lipinski definition) is 1. The standard InChI is InChI=1S/C18H15N3O4/c1-11-3-2-4-16-19-10-13(18(23)21(11)16)17(22)20-12-5-6-14-15(9-12)25-8-7-24-14/h2-6,9-10H,7-8H2,1H3,(H,20,22). The Labute approximate surface area is 142 Å². The smallest absolute Gasteiger partial charge is 0.270 e. The van der Waals surface area contributed by atoms with Crippen molar-refractivity contribution in [3.8, 4) is 11.5 Å². The number of aromatic nitrogens is 2. The average Bonchev–Trinajstić information content (AvgIpc) is 2.62.